The van der Waals surface area contributed by atoms with Gasteiger partial charge in [-0.25, -0.2) is 0 Å². The van der Waals surface area contributed by atoms with Crippen molar-refractivity contribution in [3.8, 4) is 0 Å². The van der Waals surface area contributed by atoms with Crippen LogP contribution in [0.2, 0.25) is 11.6 Å². The van der Waals surface area contributed by atoms with Crippen LogP contribution in [0.25, 0.3) is 0 Å². The topological polar surface area (TPSA) is 97.1 Å². The minimum atomic E-state index is -1.11. The lowest BCUT2D eigenvalue weighted by Crippen LogP contribution is -2.41. The first-order valence-electron chi connectivity index (χ1n) is 8.68. The molecule has 2 N–H and O–H groups in total. The van der Waals surface area contributed by atoms with Crippen molar-refractivity contribution < 1.29 is 28.3 Å². The third-order valence-electron chi connectivity index (χ3n) is 5.06. The molecule has 0 aliphatic carbocycles. The molecule has 1 rings (SSSR count). The number of methoxy groups -OCH3 is 1. The average Bonchev–Trinajstić information content (AvgIpc) is 2.75. The van der Waals surface area contributed by atoms with Gasteiger partial charge in [0.15, 0.2) is 0 Å². The number of rotatable bonds is 11. The summed E-state index contributed by atoms with van der Waals surface area (Å²) < 4.78 is 21.9. The van der Waals surface area contributed by atoms with Crippen molar-refractivity contribution in [2.24, 2.45) is 5.73 Å². The summed E-state index contributed by atoms with van der Waals surface area (Å²) in [6.07, 6.45) is 3.31. The fourth-order valence-corrected chi connectivity index (χ4v) is 2.84. The van der Waals surface area contributed by atoms with E-state index in [1.807, 2.05) is 27.7 Å². The first-order valence-corrected chi connectivity index (χ1v) is 8.68. The lowest BCUT2D eigenvalue weighted by atomic mass is 9.58. The highest BCUT2D eigenvalue weighted by Crippen LogP contribution is 2.40. The molecule has 9 heteroatoms. The van der Waals surface area contributed by atoms with Crippen molar-refractivity contribution in [2.75, 3.05) is 13.8 Å². The molecule has 1 atom stereocenters. The van der Waals surface area contributed by atoms with Gasteiger partial charge >= 0.3 is 20.6 Å². The molecule has 0 aromatic carbocycles. The lowest BCUT2D eigenvalue weighted by Gasteiger charge is -2.32. The molecule has 0 bridgehead atoms. The molecule has 0 aromatic heterocycles. The molecule has 1 aliphatic heterocycles. The Kier molecular flexibility index (Phi) is 8.12. The fraction of sp³-hybridized carbons (Fsp3) is 0.875. The third kappa shape index (κ3) is 5.54. The molecule has 0 spiro atoms. The maximum absolute atomic E-state index is 12.2. The van der Waals surface area contributed by atoms with Gasteiger partial charge in [0, 0.05) is 6.42 Å². The van der Waals surface area contributed by atoms with Crippen molar-refractivity contribution in [2.45, 2.75) is 76.2 Å². The summed E-state index contributed by atoms with van der Waals surface area (Å²) in [6.45, 7) is 7.99. The van der Waals surface area contributed by atoms with Gasteiger partial charge in [0.25, 0.3) is 0 Å². The van der Waals surface area contributed by atoms with E-state index in [2.05, 4.69) is 0 Å². The number of esters is 1. The smallest absolute Gasteiger partial charge is 0.457 e. The summed E-state index contributed by atoms with van der Waals surface area (Å²) in [5.74, 6) is -0.497. The molecule has 7 nitrogen and oxygen atoms in total. The minimum Gasteiger partial charge on any atom is -0.469 e. The predicted octanol–water partition coefficient (Wildman–Crippen LogP) is 1.72. The quantitative estimate of drug-likeness (QED) is 0.198. The first-order chi connectivity index (χ1) is 11.6. The van der Waals surface area contributed by atoms with Gasteiger partial charge in [-0.05, 0) is 40.4 Å². The average molecular weight is 354 g/mol. The van der Waals surface area contributed by atoms with Gasteiger partial charge in [0.1, 0.15) is 6.29 Å². The first kappa shape index (κ1) is 22.2. The second-order valence-corrected chi connectivity index (χ2v) is 7.40. The van der Waals surface area contributed by atoms with Crippen LogP contribution in [0.15, 0.2) is 0 Å². The molecular formula is C16H30B2NO6. The fourth-order valence-electron chi connectivity index (χ4n) is 2.84. The Hall–Kier alpha value is -0.890. The van der Waals surface area contributed by atoms with E-state index in [9.17, 15) is 9.59 Å². The van der Waals surface area contributed by atoms with Crippen molar-refractivity contribution in [1.29, 1.82) is 0 Å². The van der Waals surface area contributed by atoms with Crippen LogP contribution < -0.4 is 5.73 Å². The standard InChI is InChI=1S/C16H30B2NO6/c1-14(2)15(3,4)25-18(24-14)10-7-6-8-16(9-11-20,13(21)22-5)17-23-12-19/h11H,6-10,12,19H2,1-5H3/t16-/m1/s1. The number of ether oxygens (including phenoxy) is 1. The van der Waals surface area contributed by atoms with Gasteiger partial charge in [0.2, 0.25) is 0 Å². The SMILES string of the molecule is COC(=O)[C@]([B]OCN)(CC=O)CCCCB1OC(C)(C)C(C)(C)O1. The highest BCUT2D eigenvalue weighted by atomic mass is 16.7. The molecule has 0 aromatic rings. The van der Waals surface area contributed by atoms with Crippen LogP contribution in [0.4, 0.5) is 0 Å². The molecule has 1 heterocycles. The zero-order chi connectivity index (χ0) is 19.1. The maximum atomic E-state index is 12.2. The van der Waals surface area contributed by atoms with Gasteiger partial charge in [-0.3, -0.25) is 4.79 Å². The van der Waals surface area contributed by atoms with Crippen LogP contribution in [0.3, 0.4) is 0 Å². The monoisotopic (exact) mass is 354 g/mol. The number of hydrogen-bond acceptors (Lipinski definition) is 7. The van der Waals surface area contributed by atoms with Crippen LogP contribution in [0.5, 0.6) is 0 Å². The van der Waals surface area contributed by atoms with Crippen LogP contribution in [0, 0.1) is 0 Å². The van der Waals surface area contributed by atoms with Crippen LogP contribution >= 0.6 is 0 Å². The Morgan fingerprint density at radius 3 is 2.32 bits per heavy atom. The third-order valence-corrected chi connectivity index (χ3v) is 5.06. The number of carbonyl (C=O) groups is 2. The van der Waals surface area contributed by atoms with Gasteiger partial charge in [-0.2, -0.15) is 0 Å². The van der Waals surface area contributed by atoms with Gasteiger partial charge in [0.05, 0.1) is 30.4 Å². The lowest BCUT2D eigenvalue weighted by molar-refractivity contribution is -0.146. The molecule has 1 saturated heterocycles. The zero-order valence-electron chi connectivity index (χ0n) is 16.0. The van der Waals surface area contributed by atoms with Gasteiger partial charge in [-0.15, -0.1) is 0 Å². The van der Waals surface area contributed by atoms with E-state index >= 15 is 0 Å². The van der Waals surface area contributed by atoms with Crippen LogP contribution in [-0.4, -0.2) is 51.9 Å². The number of nitrogens with two attached hydrogens (primary N) is 1. The summed E-state index contributed by atoms with van der Waals surface area (Å²) in [6, 6.07) is 0. The second kappa shape index (κ2) is 9.16. The van der Waals surface area contributed by atoms with E-state index in [0.29, 0.717) is 25.4 Å². The second-order valence-electron chi connectivity index (χ2n) is 7.40. The Balaban J connectivity index is 2.57. The van der Waals surface area contributed by atoms with E-state index in [1.165, 1.54) is 14.6 Å². The Bertz CT molecular complexity index is 444. The molecular weight excluding hydrogens is 324 g/mol. The molecule has 0 saturated carbocycles. The van der Waals surface area contributed by atoms with E-state index in [4.69, 9.17) is 24.4 Å². The predicted molar refractivity (Wildman–Crippen MR) is 96.0 cm³/mol. The molecule has 25 heavy (non-hydrogen) atoms. The van der Waals surface area contributed by atoms with Crippen molar-refractivity contribution in [1.82, 2.24) is 0 Å². The Morgan fingerprint density at radius 1 is 1.24 bits per heavy atom. The normalized spacial score (nSPS) is 20.8. The number of aldehydes is 1. The maximum Gasteiger partial charge on any atom is 0.457 e. The van der Waals surface area contributed by atoms with Gasteiger partial charge in [-0.1, -0.05) is 12.8 Å². The van der Waals surface area contributed by atoms with Crippen LogP contribution in [0.1, 0.15) is 53.4 Å². The van der Waals surface area contributed by atoms with Crippen molar-refractivity contribution in [3.63, 3.8) is 0 Å². The molecule has 0 unspecified atom stereocenters. The summed E-state index contributed by atoms with van der Waals surface area (Å²) in [5.41, 5.74) is 4.63. The highest BCUT2D eigenvalue weighted by Gasteiger charge is 2.50. The Morgan fingerprint density at radius 2 is 1.84 bits per heavy atom. The highest BCUT2D eigenvalue weighted by molar-refractivity contribution is 6.45. The molecule has 1 radical (unpaired) electrons. The van der Waals surface area contributed by atoms with E-state index in [-0.39, 0.29) is 31.5 Å². The summed E-state index contributed by atoms with van der Waals surface area (Å²) in [7, 11) is 2.36. The molecule has 1 fully saturated rings. The number of hydrogen-bond donors (Lipinski definition) is 1. The molecule has 1 aliphatic rings. The van der Waals surface area contributed by atoms with Crippen LogP contribution in [-0.2, 0) is 28.3 Å². The molecule has 141 valence electrons. The largest absolute Gasteiger partial charge is 0.469 e. The minimum absolute atomic E-state index is 0.00381. The molecule has 0 amide bonds. The summed E-state index contributed by atoms with van der Waals surface area (Å²) >= 11 is 0. The number of unbranched alkanes of at least 4 members (excludes halogenated alkanes) is 1. The van der Waals surface area contributed by atoms with Crippen molar-refractivity contribution in [3.05, 3.63) is 0 Å². The zero-order valence-corrected chi connectivity index (χ0v) is 16.0. The van der Waals surface area contributed by atoms with Crippen molar-refractivity contribution >= 4 is 26.9 Å². The Labute approximate surface area is 151 Å². The summed E-state index contributed by atoms with van der Waals surface area (Å²) in [4.78, 5) is 23.2. The van der Waals surface area contributed by atoms with E-state index in [0.717, 1.165) is 6.42 Å². The number of carbonyl (C=O) groups excluding carboxylic acids is 2. The van der Waals surface area contributed by atoms with E-state index < -0.39 is 11.3 Å². The van der Waals surface area contributed by atoms with E-state index in [1.54, 1.807) is 0 Å². The summed E-state index contributed by atoms with van der Waals surface area (Å²) in [5, 5.41) is -1.11. The van der Waals surface area contributed by atoms with Gasteiger partial charge < -0.3 is 29.2 Å².